The topological polar surface area (TPSA) is 80.3 Å². The Morgan fingerprint density at radius 2 is 1.86 bits per heavy atom. The van der Waals surface area contributed by atoms with Crippen molar-refractivity contribution in [3.8, 4) is 0 Å². The summed E-state index contributed by atoms with van der Waals surface area (Å²) in [5.74, 6) is -0.717. The lowest BCUT2D eigenvalue weighted by Gasteiger charge is -2.10. The van der Waals surface area contributed by atoms with Crippen molar-refractivity contribution in [1.29, 1.82) is 0 Å². The summed E-state index contributed by atoms with van der Waals surface area (Å²) in [5, 5.41) is 5.73. The van der Waals surface area contributed by atoms with Gasteiger partial charge in [-0.05, 0) is 29.8 Å². The maximum atomic E-state index is 11.9. The number of ether oxygens (including phenoxy) is 1. The standard InChI is InChI=1S/C16H17N3O3/c1-22-16(21)13-4-2-3-5-14(13)19-15(20)11-18-10-12-6-8-17-9-7-12/h2-9,18H,10-11H2,1H3,(H,19,20). The summed E-state index contributed by atoms with van der Waals surface area (Å²) in [6, 6.07) is 10.5. The Bertz CT molecular complexity index is 644. The summed E-state index contributed by atoms with van der Waals surface area (Å²) in [7, 11) is 1.30. The predicted octanol–water partition coefficient (Wildman–Crippen LogP) is 1.60. The van der Waals surface area contributed by atoms with Gasteiger partial charge in [0, 0.05) is 18.9 Å². The minimum absolute atomic E-state index is 0.137. The first kappa shape index (κ1) is 15.7. The number of aromatic nitrogens is 1. The van der Waals surface area contributed by atoms with Crippen molar-refractivity contribution in [2.45, 2.75) is 6.54 Å². The van der Waals surface area contributed by atoms with E-state index in [1.54, 1.807) is 36.7 Å². The van der Waals surface area contributed by atoms with E-state index in [1.165, 1.54) is 7.11 Å². The molecule has 114 valence electrons. The highest BCUT2D eigenvalue weighted by Crippen LogP contribution is 2.15. The number of pyridine rings is 1. The van der Waals surface area contributed by atoms with Gasteiger partial charge in [-0.3, -0.25) is 9.78 Å². The number of anilines is 1. The Hall–Kier alpha value is -2.73. The van der Waals surface area contributed by atoms with Gasteiger partial charge in [-0.15, -0.1) is 0 Å². The third kappa shape index (κ3) is 4.39. The van der Waals surface area contributed by atoms with Gasteiger partial charge in [0.2, 0.25) is 5.91 Å². The van der Waals surface area contributed by atoms with Crippen LogP contribution in [0.25, 0.3) is 0 Å². The SMILES string of the molecule is COC(=O)c1ccccc1NC(=O)CNCc1ccncc1. The Kier molecular flexibility index (Phi) is 5.62. The summed E-state index contributed by atoms with van der Waals surface area (Å²) < 4.78 is 4.69. The van der Waals surface area contributed by atoms with Crippen LogP contribution in [0, 0.1) is 0 Å². The fraction of sp³-hybridized carbons (Fsp3) is 0.188. The van der Waals surface area contributed by atoms with Crippen LogP contribution in [0.3, 0.4) is 0 Å². The van der Waals surface area contributed by atoms with E-state index in [0.29, 0.717) is 17.8 Å². The Labute approximate surface area is 128 Å². The van der Waals surface area contributed by atoms with Gasteiger partial charge in [0.15, 0.2) is 0 Å². The van der Waals surface area contributed by atoms with Gasteiger partial charge in [0.05, 0.1) is 24.9 Å². The summed E-state index contributed by atoms with van der Waals surface area (Å²) in [5.41, 5.74) is 1.80. The number of carbonyl (C=O) groups excluding carboxylic acids is 2. The predicted molar refractivity (Wildman–Crippen MR) is 82.4 cm³/mol. The Balaban J connectivity index is 1.88. The molecule has 22 heavy (non-hydrogen) atoms. The van der Waals surface area contributed by atoms with Crippen molar-refractivity contribution in [2.24, 2.45) is 0 Å². The van der Waals surface area contributed by atoms with E-state index in [0.717, 1.165) is 5.56 Å². The van der Waals surface area contributed by atoms with Gasteiger partial charge >= 0.3 is 5.97 Å². The molecule has 0 aliphatic rings. The number of nitrogens with one attached hydrogen (secondary N) is 2. The number of esters is 1. The molecule has 0 bridgehead atoms. The van der Waals surface area contributed by atoms with Crippen LogP contribution < -0.4 is 10.6 Å². The number of nitrogens with zero attached hydrogens (tertiary/aromatic N) is 1. The molecular weight excluding hydrogens is 282 g/mol. The van der Waals surface area contributed by atoms with E-state index in [1.807, 2.05) is 12.1 Å². The van der Waals surface area contributed by atoms with Crippen LogP contribution in [0.15, 0.2) is 48.8 Å². The van der Waals surface area contributed by atoms with Crippen LogP contribution >= 0.6 is 0 Å². The first-order valence-electron chi connectivity index (χ1n) is 6.77. The van der Waals surface area contributed by atoms with Crippen LogP contribution in [0.2, 0.25) is 0 Å². The summed E-state index contributed by atoms with van der Waals surface area (Å²) >= 11 is 0. The highest BCUT2D eigenvalue weighted by molar-refractivity contribution is 6.01. The van der Waals surface area contributed by atoms with Crippen molar-refractivity contribution in [1.82, 2.24) is 10.3 Å². The number of hydrogen-bond donors (Lipinski definition) is 2. The maximum Gasteiger partial charge on any atom is 0.339 e. The van der Waals surface area contributed by atoms with Crippen molar-refractivity contribution in [2.75, 3.05) is 19.0 Å². The van der Waals surface area contributed by atoms with E-state index >= 15 is 0 Å². The van der Waals surface area contributed by atoms with Gasteiger partial charge < -0.3 is 15.4 Å². The molecule has 0 spiro atoms. The average molecular weight is 299 g/mol. The zero-order valence-electron chi connectivity index (χ0n) is 12.2. The fourth-order valence-corrected chi connectivity index (χ4v) is 1.90. The van der Waals surface area contributed by atoms with Gasteiger partial charge in [-0.25, -0.2) is 4.79 Å². The van der Waals surface area contributed by atoms with Crippen LogP contribution in [-0.2, 0) is 16.1 Å². The number of carbonyl (C=O) groups is 2. The number of methoxy groups -OCH3 is 1. The smallest absolute Gasteiger partial charge is 0.339 e. The molecule has 1 heterocycles. The normalized spacial score (nSPS) is 10.0. The molecule has 6 nitrogen and oxygen atoms in total. The van der Waals surface area contributed by atoms with Crippen molar-refractivity contribution < 1.29 is 14.3 Å². The Morgan fingerprint density at radius 3 is 2.59 bits per heavy atom. The summed E-state index contributed by atoms with van der Waals surface area (Å²) in [6.45, 7) is 0.701. The molecule has 0 radical (unpaired) electrons. The lowest BCUT2D eigenvalue weighted by Crippen LogP contribution is -2.28. The minimum Gasteiger partial charge on any atom is -0.465 e. The fourth-order valence-electron chi connectivity index (χ4n) is 1.90. The second-order valence-electron chi connectivity index (χ2n) is 4.54. The van der Waals surface area contributed by atoms with Gasteiger partial charge in [-0.2, -0.15) is 0 Å². The molecule has 6 heteroatoms. The van der Waals surface area contributed by atoms with E-state index in [4.69, 9.17) is 0 Å². The monoisotopic (exact) mass is 299 g/mol. The first-order valence-corrected chi connectivity index (χ1v) is 6.77. The van der Waals surface area contributed by atoms with Gasteiger partial charge in [0.25, 0.3) is 0 Å². The molecule has 0 saturated heterocycles. The number of amides is 1. The van der Waals surface area contributed by atoms with Crippen LogP contribution in [0.4, 0.5) is 5.69 Å². The summed E-state index contributed by atoms with van der Waals surface area (Å²) in [6.07, 6.45) is 3.40. The highest BCUT2D eigenvalue weighted by Gasteiger charge is 2.12. The van der Waals surface area contributed by atoms with E-state index in [-0.39, 0.29) is 12.5 Å². The third-order valence-corrected chi connectivity index (χ3v) is 2.97. The van der Waals surface area contributed by atoms with E-state index in [2.05, 4.69) is 20.4 Å². The third-order valence-electron chi connectivity index (χ3n) is 2.97. The molecule has 0 saturated carbocycles. The zero-order valence-corrected chi connectivity index (χ0v) is 12.2. The molecule has 0 unspecified atom stereocenters. The van der Waals surface area contributed by atoms with E-state index in [9.17, 15) is 9.59 Å². The number of hydrogen-bond acceptors (Lipinski definition) is 5. The van der Waals surface area contributed by atoms with Crippen molar-refractivity contribution in [3.63, 3.8) is 0 Å². The Morgan fingerprint density at radius 1 is 1.14 bits per heavy atom. The number of benzene rings is 1. The molecule has 1 amide bonds. The van der Waals surface area contributed by atoms with Crippen molar-refractivity contribution >= 4 is 17.6 Å². The number of rotatable bonds is 6. The number of para-hydroxylation sites is 1. The molecule has 0 aliphatic heterocycles. The average Bonchev–Trinajstić information content (AvgIpc) is 2.55. The zero-order chi connectivity index (χ0) is 15.8. The first-order chi connectivity index (χ1) is 10.7. The summed E-state index contributed by atoms with van der Waals surface area (Å²) in [4.78, 5) is 27.5. The largest absolute Gasteiger partial charge is 0.465 e. The van der Waals surface area contributed by atoms with Crippen LogP contribution in [0.1, 0.15) is 15.9 Å². The molecule has 0 atom stereocenters. The van der Waals surface area contributed by atoms with E-state index < -0.39 is 5.97 Å². The second-order valence-corrected chi connectivity index (χ2v) is 4.54. The van der Waals surface area contributed by atoms with Crippen LogP contribution in [-0.4, -0.2) is 30.5 Å². The molecule has 2 N–H and O–H groups in total. The second kappa shape index (κ2) is 7.90. The van der Waals surface area contributed by atoms with Crippen molar-refractivity contribution in [3.05, 3.63) is 59.9 Å². The molecule has 2 rings (SSSR count). The lowest BCUT2D eigenvalue weighted by atomic mass is 10.2. The molecular formula is C16H17N3O3. The molecule has 0 fully saturated rings. The lowest BCUT2D eigenvalue weighted by molar-refractivity contribution is -0.115. The molecule has 1 aromatic carbocycles. The molecule has 1 aromatic heterocycles. The minimum atomic E-state index is -0.486. The maximum absolute atomic E-state index is 11.9. The highest BCUT2D eigenvalue weighted by atomic mass is 16.5. The molecule has 2 aromatic rings. The van der Waals surface area contributed by atoms with Gasteiger partial charge in [0.1, 0.15) is 0 Å². The van der Waals surface area contributed by atoms with Crippen LogP contribution in [0.5, 0.6) is 0 Å². The van der Waals surface area contributed by atoms with Gasteiger partial charge in [-0.1, -0.05) is 12.1 Å². The molecule has 0 aliphatic carbocycles. The quantitative estimate of drug-likeness (QED) is 0.792.